The monoisotopic (exact) mass is 257 g/mol. The molecule has 0 heterocycles. The third kappa shape index (κ3) is 4.24. The zero-order chi connectivity index (χ0) is 12.8. The predicted molar refractivity (Wildman–Crippen MR) is 67.8 cm³/mol. The van der Waals surface area contributed by atoms with Crippen LogP contribution in [0.2, 0.25) is 5.02 Å². The number of nitrogens with one attached hydrogen (secondary N) is 1. The first-order chi connectivity index (χ1) is 8.04. The Hall–Kier alpha value is -1.26. The van der Waals surface area contributed by atoms with Crippen LogP contribution in [0, 0.1) is 0 Å². The van der Waals surface area contributed by atoms with Crippen LogP contribution in [0.15, 0.2) is 18.2 Å². The highest BCUT2D eigenvalue weighted by Gasteiger charge is 2.07. The quantitative estimate of drug-likeness (QED) is 0.733. The average molecular weight is 258 g/mol. The smallest absolute Gasteiger partial charge is 0.335 e. The fraction of sp³-hybridized carbons (Fsp3) is 0.417. The van der Waals surface area contributed by atoms with Gasteiger partial charge in [0.2, 0.25) is 0 Å². The summed E-state index contributed by atoms with van der Waals surface area (Å²) in [5, 5.41) is 21.6. The van der Waals surface area contributed by atoms with Gasteiger partial charge in [-0.15, -0.1) is 0 Å². The standard InChI is InChI=1S/C12H16ClNO3/c1-2-9(15)5-6-14-11-4-3-8(12(16)17)7-10(11)13/h3-4,7,9,14-15H,2,5-6H2,1H3,(H,16,17). The summed E-state index contributed by atoms with van der Waals surface area (Å²) in [7, 11) is 0. The van der Waals surface area contributed by atoms with E-state index in [1.54, 1.807) is 6.07 Å². The minimum atomic E-state index is -1.00. The lowest BCUT2D eigenvalue weighted by Crippen LogP contribution is -2.12. The number of carboxylic acids is 1. The molecule has 1 atom stereocenters. The molecule has 0 aliphatic heterocycles. The van der Waals surface area contributed by atoms with Gasteiger partial charge in [0.25, 0.3) is 0 Å². The lowest BCUT2D eigenvalue weighted by atomic mass is 10.2. The van der Waals surface area contributed by atoms with Gasteiger partial charge in [0, 0.05) is 6.54 Å². The van der Waals surface area contributed by atoms with E-state index in [2.05, 4.69) is 5.32 Å². The normalized spacial score (nSPS) is 12.2. The lowest BCUT2D eigenvalue weighted by Gasteiger charge is -2.11. The number of halogens is 1. The van der Waals surface area contributed by atoms with Crippen molar-refractivity contribution in [2.45, 2.75) is 25.9 Å². The molecule has 0 saturated heterocycles. The summed E-state index contributed by atoms with van der Waals surface area (Å²) in [5.74, 6) is -1.00. The van der Waals surface area contributed by atoms with Gasteiger partial charge in [-0.05, 0) is 31.0 Å². The SMILES string of the molecule is CCC(O)CCNc1ccc(C(=O)O)cc1Cl. The summed E-state index contributed by atoms with van der Waals surface area (Å²) in [4.78, 5) is 10.7. The molecule has 0 radical (unpaired) electrons. The second-order valence-corrected chi connectivity index (χ2v) is 4.18. The largest absolute Gasteiger partial charge is 0.478 e. The number of aromatic carboxylic acids is 1. The molecule has 0 amide bonds. The molecule has 94 valence electrons. The molecule has 4 nitrogen and oxygen atoms in total. The van der Waals surface area contributed by atoms with Gasteiger partial charge in [0.1, 0.15) is 0 Å². The van der Waals surface area contributed by atoms with E-state index in [1.165, 1.54) is 12.1 Å². The Labute approximate surface area is 105 Å². The molecule has 1 rings (SSSR count). The predicted octanol–water partition coefficient (Wildman–Crippen LogP) is 2.61. The van der Waals surface area contributed by atoms with Crippen LogP contribution in [0.5, 0.6) is 0 Å². The van der Waals surface area contributed by atoms with E-state index in [1.807, 2.05) is 6.92 Å². The Morgan fingerprint density at radius 2 is 2.24 bits per heavy atom. The molecule has 0 saturated carbocycles. The molecule has 0 fully saturated rings. The van der Waals surface area contributed by atoms with Crippen molar-refractivity contribution in [3.8, 4) is 0 Å². The second-order valence-electron chi connectivity index (χ2n) is 3.78. The molecule has 1 unspecified atom stereocenters. The molecule has 5 heteroatoms. The van der Waals surface area contributed by atoms with Gasteiger partial charge < -0.3 is 15.5 Å². The van der Waals surface area contributed by atoms with Crippen LogP contribution >= 0.6 is 11.6 Å². The third-order valence-electron chi connectivity index (χ3n) is 2.48. The second kappa shape index (κ2) is 6.47. The van der Waals surface area contributed by atoms with Crippen molar-refractivity contribution in [2.24, 2.45) is 0 Å². The summed E-state index contributed by atoms with van der Waals surface area (Å²) >= 11 is 5.93. The molecule has 0 aromatic heterocycles. The van der Waals surface area contributed by atoms with E-state index in [-0.39, 0.29) is 11.7 Å². The molecule has 0 aliphatic carbocycles. The molecular formula is C12H16ClNO3. The van der Waals surface area contributed by atoms with E-state index >= 15 is 0 Å². The zero-order valence-electron chi connectivity index (χ0n) is 9.61. The van der Waals surface area contributed by atoms with E-state index < -0.39 is 5.97 Å². The number of hydrogen-bond donors (Lipinski definition) is 3. The van der Waals surface area contributed by atoms with Gasteiger partial charge in [0.05, 0.1) is 22.4 Å². The molecule has 3 N–H and O–H groups in total. The summed E-state index contributed by atoms with van der Waals surface area (Å²) < 4.78 is 0. The minimum Gasteiger partial charge on any atom is -0.478 e. The molecule has 0 bridgehead atoms. The van der Waals surface area contributed by atoms with Crippen molar-refractivity contribution < 1.29 is 15.0 Å². The third-order valence-corrected chi connectivity index (χ3v) is 2.79. The van der Waals surface area contributed by atoms with Crippen molar-refractivity contribution in [3.63, 3.8) is 0 Å². The van der Waals surface area contributed by atoms with E-state index in [9.17, 15) is 9.90 Å². The topological polar surface area (TPSA) is 69.6 Å². The number of rotatable bonds is 6. The first kappa shape index (κ1) is 13.8. The Bertz CT molecular complexity index is 395. The summed E-state index contributed by atoms with van der Waals surface area (Å²) in [6.45, 7) is 2.51. The average Bonchev–Trinajstić information content (AvgIpc) is 2.30. The molecule has 1 aromatic rings. The number of carboxylic acid groups (broad SMARTS) is 1. The molecule has 1 aromatic carbocycles. The number of aliphatic hydroxyl groups excluding tert-OH is 1. The maximum absolute atomic E-state index is 10.7. The number of hydrogen-bond acceptors (Lipinski definition) is 3. The maximum Gasteiger partial charge on any atom is 0.335 e. The van der Waals surface area contributed by atoms with Crippen molar-refractivity contribution in [1.29, 1.82) is 0 Å². The summed E-state index contributed by atoms with van der Waals surface area (Å²) in [6.07, 6.45) is 1.03. The van der Waals surface area contributed by atoms with Crippen LogP contribution in [0.4, 0.5) is 5.69 Å². The molecule has 0 aliphatic rings. The Morgan fingerprint density at radius 1 is 1.53 bits per heavy atom. The van der Waals surface area contributed by atoms with Crippen LogP contribution in [0.3, 0.4) is 0 Å². The minimum absolute atomic E-state index is 0.161. The van der Waals surface area contributed by atoms with E-state index in [0.717, 1.165) is 0 Å². The van der Waals surface area contributed by atoms with Crippen LogP contribution < -0.4 is 5.32 Å². The van der Waals surface area contributed by atoms with Crippen molar-refractivity contribution in [2.75, 3.05) is 11.9 Å². The van der Waals surface area contributed by atoms with Crippen LogP contribution in [0.1, 0.15) is 30.1 Å². The highest BCUT2D eigenvalue weighted by Crippen LogP contribution is 2.23. The Kier molecular flexibility index (Phi) is 5.25. The van der Waals surface area contributed by atoms with Crippen molar-refractivity contribution in [1.82, 2.24) is 0 Å². The van der Waals surface area contributed by atoms with Gasteiger partial charge in [-0.25, -0.2) is 4.79 Å². The number of anilines is 1. The number of benzene rings is 1. The highest BCUT2D eigenvalue weighted by molar-refractivity contribution is 6.33. The van der Waals surface area contributed by atoms with Crippen molar-refractivity contribution in [3.05, 3.63) is 28.8 Å². The Morgan fingerprint density at radius 3 is 2.76 bits per heavy atom. The highest BCUT2D eigenvalue weighted by atomic mass is 35.5. The Balaban J connectivity index is 2.57. The van der Waals surface area contributed by atoms with E-state index in [0.29, 0.717) is 30.1 Å². The first-order valence-corrected chi connectivity index (χ1v) is 5.87. The lowest BCUT2D eigenvalue weighted by molar-refractivity contribution is 0.0697. The van der Waals surface area contributed by atoms with Gasteiger partial charge in [0.15, 0.2) is 0 Å². The summed E-state index contributed by atoms with van der Waals surface area (Å²) in [6, 6.07) is 4.53. The fourth-order valence-corrected chi connectivity index (χ4v) is 1.62. The summed E-state index contributed by atoms with van der Waals surface area (Å²) in [5.41, 5.74) is 0.842. The van der Waals surface area contributed by atoms with Gasteiger partial charge in [-0.3, -0.25) is 0 Å². The molecule has 17 heavy (non-hydrogen) atoms. The van der Waals surface area contributed by atoms with Gasteiger partial charge in [-0.1, -0.05) is 18.5 Å². The van der Waals surface area contributed by atoms with Crippen LogP contribution in [-0.4, -0.2) is 28.8 Å². The fourth-order valence-electron chi connectivity index (χ4n) is 1.37. The van der Waals surface area contributed by atoms with Crippen molar-refractivity contribution >= 4 is 23.3 Å². The first-order valence-electron chi connectivity index (χ1n) is 5.49. The van der Waals surface area contributed by atoms with Crippen LogP contribution in [-0.2, 0) is 0 Å². The zero-order valence-corrected chi connectivity index (χ0v) is 10.4. The number of aliphatic hydroxyl groups is 1. The van der Waals surface area contributed by atoms with Gasteiger partial charge >= 0.3 is 5.97 Å². The van der Waals surface area contributed by atoms with Crippen LogP contribution in [0.25, 0.3) is 0 Å². The van der Waals surface area contributed by atoms with Gasteiger partial charge in [-0.2, -0.15) is 0 Å². The number of carbonyl (C=O) groups is 1. The maximum atomic E-state index is 10.7. The molecular weight excluding hydrogens is 242 g/mol. The van der Waals surface area contributed by atoms with E-state index in [4.69, 9.17) is 16.7 Å². The molecule has 0 spiro atoms.